The number of fused-ring (bicyclic) bond motifs is 1. The van der Waals surface area contributed by atoms with Crippen LogP contribution in [-0.4, -0.2) is 28.6 Å². The summed E-state index contributed by atoms with van der Waals surface area (Å²) in [7, 11) is 0. The van der Waals surface area contributed by atoms with Gasteiger partial charge in [0.1, 0.15) is 18.2 Å². The number of ether oxygens (including phenoxy) is 1. The first kappa shape index (κ1) is 21.3. The van der Waals surface area contributed by atoms with Crippen LogP contribution in [0.4, 0.5) is 5.69 Å². The molecule has 0 bridgehead atoms. The Bertz CT molecular complexity index is 1320. The highest BCUT2D eigenvalue weighted by Crippen LogP contribution is 2.34. The van der Waals surface area contributed by atoms with Gasteiger partial charge in [0, 0.05) is 24.6 Å². The van der Waals surface area contributed by atoms with E-state index in [1.165, 1.54) is 11.1 Å². The van der Waals surface area contributed by atoms with E-state index >= 15 is 0 Å². The molecule has 3 aromatic carbocycles. The Labute approximate surface area is 194 Å². The van der Waals surface area contributed by atoms with Crippen LogP contribution in [0.3, 0.4) is 0 Å². The number of nitrogens with zero attached hydrogens (tertiary/aromatic N) is 3. The summed E-state index contributed by atoms with van der Waals surface area (Å²) < 4.78 is 8.31. The van der Waals surface area contributed by atoms with Gasteiger partial charge in [-0.15, -0.1) is 0 Å². The molecule has 0 unspecified atom stereocenters. The van der Waals surface area contributed by atoms with E-state index in [2.05, 4.69) is 49.6 Å². The number of rotatable bonds is 6. The molecule has 1 fully saturated rings. The van der Waals surface area contributed by atoms with E-state index in [-0.39, 0.29) is 11.8 Å². The Balaban J connectivity index is 1.40. The molecule has 33 heavy (non-hydrogen) atoms. The number of carbonyl (C=O) groups excluding carboxylic acids is 1. The van der Waals surface area contributed by atoms with Crippen molar-refractivity contribution in [2.75, 3.05) is 18.1 Å². The molecule has 1 aliphatic heterocycles. The SMILES string of the molecule is Cc1ccc(OCCn2c([C@@H]3CC(=O)N(c4ccccc4C)C3)nc3ccccc32)cc1C. The lowest BCUT2D eigenvalue weighted by molar-refractivity contribution is -0.117. The van der Waals surface area contributed by atoms with Gasteiger partial charge in [-0.05, 0) is 67.8 Å². The van der Waals surface area contributed by atoms with E-state index in [9.17, 15) is 4.79 Å². The van der Waals surface area contributed by atoms with Gasteiger partial charge >= 0.3 is 0 Å². The summed E-state index contributed by atoms with van der Waals surface area (Å²) in [4.78, 5) is 19.8. The molecule has 168 valence electrons. The van der Waals surface area contributed by atoms with Crippen LogP contribution in [-0.2, 0) is 11.3 Å². The molecule has 1 aliphatic rings. The van der Waals surface area contributed by atoms with Crippen molar-refractivity contribution >= 4 is 22.6 Å². The number of hydrogen-bond acceptors (Lipinski definition) is 3. The number of aromatic nitrogens is 2. The number of carbonyl (C=O) groups is 1. The highest BCUT2D eigenvalue weighted by molar-refractivity contribution is 5.97. The number of imidazole rings is 1. The number of amides is 1. The van der Waals surface area contributed by atoms with Gasteiger partial charge < -0.3 is 14.2 Å². The standard InChI is InChI=1S/C28H29N3O2/c1-19-12-13-23(16-21(19)3)33-15-14-30-26-11-7-5-9-24(26)29-28(30)22-17-27(32)31(18-22)25-10-6-4-8-20(25)2/h4-13,16,22H,14-15,17-18H2,1-3H3/t22-/m1/s1. The smallest absolute Gasteiger partial charge is 0.227 e. The minimum Gasteiger partial charge on any atom is -0.492 e. The number of aryl methyl sites for hydroxylation is 3. The fourth-order valence-electron chi connectivity index (χ4n) is 4.68. The van der Waals surface area contributed by atoms with Crippen LogP contribution < -0.4 is 9.64 Å². The van der Waals surface area contributed by atoms with Gasteiger partial charge in [-0.1, -0.05) is 36.4 Å². The van der Waals surface area contributed by atoms with Crippen molar-refractivity contribution < 1.29 is 9.53 Å². The molecule has 5 rings (SSSR count). The largest absolute Gasteiger partial charge is 0.492 e. The lowest BCUT2D eigenvalue weighted by Crippen LogP contribution is -2.25. The van der Waals surface area contributed by atoms with Crippen molar-refractivity contribution in [3.63, 3.8) is 0 Å². The predicted octanol–water partition coefficient (Wildman–Crippen LogP) is 5.56. The number of hydrogen-bond donors (Lipinski definition) is 0. The maximum absolute atomic E-state index is 13.0. The van der Waals surface area contributed by atoms with Crippen LogP contribution in [0.5, 0.6) is 5.75 Å². The van der Waals surface area contributed by atoms with Gasteiger partial charge in [-0.3, -0.25) is 4.79 Å². The monoisotopic (exact) mass is 439 g/mol. The average Bonchev–Trinajstić information content (AvgIpc) is 3.37. The molecule has 5 nitrogen and oxygen atoms in total. The fourth-order valence-corrected chi connectivity index (χ4v) is 4.68. The van der Waals surface area contributed by atoms with Crippen molar-refractivity contribution in [1.82, 2.24) is 9.55 Å². The van der Waals surface area contributed by atoms with Gasteiger partial charge in [0.2, 0.25) is 5.91 Å². The Morgan fingerprint density at radius 2 is 1.73 bits per heavy atom. The third kappa shape index (κ3) is 4.11. The molecule has 1 aromatic heterocycles. The molecule has 1 amide bonds. The van der Waals surface area contributed by atoms with Crippen LogP contribution in [0.25, 0.3) is 11.0 Å². The molecular weight excluding hydrogens is 410 g/mol. The Hall–Kier alpha value is -3.60. The zero-order chi connectivity index (χ0) is 22.9. The molecule has 0 spiro atoms. The zero-order valence-corrected chi connectivity index (χ0v) is 19.4. The van der Waals surface area contributed by atoms with Crippen LogP contribution in [0.1, 0.15) is 34.9 Å². The van der Waals surface area contributed by atoms with Gasteiger partial charge in [-0.25, -0.2) is 4.98 Å². The minimum atomic E-state index is 0.0473. The molecular formula is C28H29N3O2. The molecule has 1 saturated heterocycles. The van der Waals surface area contributed by atoms with E-state index < -0.39 is 0 Å². The molecule has 0 N–H and O–H groups in total. The number of anilines is 1. The predicted molar refractivity (Wildman–Crippen MR) is 132 cm³/mol. The van der Waals surface area contributed by atoms with Crippen molar-refractivity contribution in [2.24, 2.45) is 0 Å². The van der Waals surface area contributed by atoms with E-state index in [4.69, 9.17) is 9.72 Å². The summed E-state index contributed by atoms with van der Waals surface area (Å²) in [6.07, 6.45) is 0.468. The Morgan fingerprint density at radius 3 is 2.55 bits per heavy atom. The first-order valence-electron chi connectivity index (χ1n) is 11.5. The first-order chi connectivity index (χ1) is 16.0. The van der Waals surface area contributed by atoms with Gasteiger partial charge in [0.15, 0.2) is 0 Å². The topological polar surface area (TPSA) is 47.4 Å². The van der Waals surface area contributed by atoms with E-state index in [0.29, 0.717) is 26.1 Å². The normalized spacial score (nSPS) is 16.0. The number of para-hydroxylation sites is 3. The fraction of sp³-hybridized carbons (Fsp3) is 0.286. The molecule has 0 aliphatic carbocycles. The summed E-state index contributed by atoms with van der Waals surface area (Å²) in [5.41, 5.74) is 6.63. The van der Waals surface area contributed by atoms with E-state index in [1.54, 1.807) is 0 Å². The molecule has 4 aromatic rings. The second-order valence-corrected chi connectivity index (χ2v) is 8.90. The molecule has 0 saturated carbocycles. The van der Waals surface area contributed by atoms with Crippen molar-refractivity contribution in [1.29, 1.82) is 0 Å². The van der Waals surface area contributed by atoms with Gasteiger partial charge in [-0.2, -0.15) is 0 Å². The Morgan fingerprint density at radius 1 is 0.939 bits per heavy atom. The maximum atomic E-state index is 13.0. The summed E-state index contributed by atoms with van der Waals surface area (Å²) in [5.74, 6) is 2.04. The van der Waals surface area contributed by atoms with Gasteiger partial charge in [0.05, 0.1) is 17.6 Å². The van der Waals surface area contributed by atoms with Crippen molar-refractivity contribution in [3.05, 3.63) is 89.2 Å². The molecule has 0 radical (unpaired) electrons. The first-order valence-corrected chi connectivity index (χ1v) is 11.5. The summed E-state index contributed by atoms with van der Waals surface area (Å²) in [5, 5.41) is 0. The van der Waals surface area contributed by atoms with E-state index in [1.807, 2.05) is 47.4 Å². The van der Waals surface area contributed by atoms with Crippen LogP contribution in [0.2, 0.25) is 0 Å². The highest BCUT2D eigenvalue weighted by atomic mass is 16.5. The second kappa shape index (κ2) is 8.74. The van der Waals surface area contributed by atoms with E-state index in [0.717, 1.165) is 33.9 Å². The molecule has 5 heteroatoms. The van der Waals surface area contributed by atoms with Crippen LogP contribution >= 0.6 is 0 Å². The quantitative estimate of drug-likeness (QED) is 0.395. The lowest BCUT2D eigenvalue weighted by Gasteiger charge is -2.19. The van der Waals surface area contributed by atoms with Crippen molar-refractivity contribution in [3.8, 4) is 5.75 Å². The maximum Gasteiger partial charge on any atom is 0.227 e. The zero-order valence-electron chi connectivity index (χ0n) is 19.4. The minimum absolute atomic E-state index is 0.0473. The second-order valence-electron chi connectivity index (χ2n) is 8.90. The van der Waals surface area contributed by atoms with Gasteiger partial charge in [0.25, 0.3) is 0 Å². The molecule has 2 heterocycles. The van der Waals surface area contributed by atoms with Crippen LogP contribution in [0.15, 0.2) is 66.7 Å². The highest BCUT2D eigenvalue weighted by Gasteiger charge is 2.35. The number of benzene rings is 3. The third-order valence-corrected chi connectivity index (χ3v) is 6.64. The Kier molecular flexibility index (Phi) is 5.63. The van der Waals surface area contributed by atoms with Crippen molar-refractivity contribution in [2.45, 2.75) is 39.7 Å². The summed E-state index contributed by atoms with van der Waals surface area (Å²) in [6, 6.07) is 22.4. The average molecular weight is 440 g/mol. The molecule has 1 atom stereocenters. The summed E-state index contributed by atoms with van der Waals surface area (Å²) >= 11 is 0. The lowest BCUT2D eigenvalue weighted by atomic mass is 10.1. The summed E-state index contributed by atoms with van der Waals surface area (Å²) in [6.45, 7) is 8.11. The van der Waals surface area contributed by atoms with Crippen LogP contribution in [0, 0.1) is 20.8 Å². The third-order valence-electron chi connectivity index (χ3n) is 6.64.